The number of nitrogens with zero attached hydrogens (tertiary/aromatic N) is 4. The van der Waals surface area contributed by atoms with Crippen molar-refractivity contribution in [3.8, 4) is 0 Å². The molecule has 2 aliphatic rings. The van der Waals surface area contributed by atoms with E-state index in [0.29, 0.717) is 5.91 Å². The van der Waals surface area contributed by atoms with Gasteiger partial charge in [-0.25, -0.2) is 4.98 Å². The third-order valence-corrected chi connectivity index (χ3v) is 5.08. The van der Waals surface area contributed by atoms with E-state index in [4.69, 9.17) is 0 Å². The first-order valence-corrected chi connectivity index (χ1v) is 8.62. The van der Waals surface area contributed by atoms with Crippen molar-refractivity contribution in [3.63, 3.8) is 0 Å². The van der Waals surface area contributed by atoms with Crippen LogP contribution in [-0.2, 0) is 11.2 Å². The maximum absolute atomic E-state index is 12.5. The molecule has 1 N–H and O–H groups in total. The maximum atomic E-state index is 12.5. The summed E-state index contributed by atoms with van der Waals surface area (Å²) in [6, 6.07) is 0. The molecule has 2 aliphatic heterocycles. The molecule has 116 valence electrons. The summed E-state index contributed by atoms with van der Waals surface area (Å²) >= 11 is 1.48. The highest BCUT2D eigenvalue weighted by atomic mass is 32.1. The SMILES string of the molecule is CCc1nsc(N2CCCN(C(=O)C3CCNC3)CC2)n1. The van der Waals surface area contributed by atoms with E-state index in [1.807, 2.05) is 4.90 Å². The molecule has 2 fully saturated rings. The Morgan fingerprint density at radius 1 is 1.38 bits per heavy atom. The summed E-state index contributed by atoms with van der Waals surface area (Å²) in [5.74, 6) is 1.43. The fourth-order valence-corrected chi connectivity index (χ4v) is 3.77. The molecule has 0 radical (unpaired) electrons. The second-order valence-corrected chi connectivity index (χ2v) is 6.43. The van der Waals surface area contributed by atoms with E-state index < -0.39 is 0 Å². The zero-order chi connectivity index (χ0) is 14.7. The van der Waals surface area contributed by atoms with Crippen LogP contribution in [0.3, 0.4) is 0 Å². The van der Waals surface area contributed by atoms with Crippen molar-refractivity contribution in [3.05, 3.63) is 5.82 Å². The highest BCUT2D eigenvalue weighted by Gasteiger charge is 2.28. The number of carbonyl (C=O) groups excluding carboxylic acids is 1. The van der Waals surface area contributed by atoms with Crippen molar-refractivity contribution < 1.29 is 4.79 Å². The molecular weight excluding hydrogens is 286 g/mol. The van der Waals surface area contributed by atoms with Crippen molar-refractivity contribution in [1.82, 2.24) is 19.6 Å². The monoisotopic (exact) mass is 309 g/mol. The summed E-state index contributed by atoms with van der Waals surface area (Å²) in [4.78, 5) is 21.4. The van der Waals surface area contributed by atoms with E-state index in [1.54, 1.807) is 0 Å². The average Bonchev–Trinajstić information content (AvgIpc) is 3.14. The van der Waals surface area contributed by atoms with Gasteiger partial charge in [0.15, 0.2) is 0 Å². The number of hydrogen-bond donors (Lipinski definition) is 1. The Hall–Kier alpha value is -1.21. The van der Waals surface area contributed by atoms with E-state index in [0.717, 1.165) is 69.5 Å². The average molecular weight is 309 g/mol. The molecule has 0 saturated carbocycles. The number of carbonyl (C=O) groups is 1. The summed E-state index contributed by atoms with van der Waals surface area (Å²) < 4.78 is 4.36. The lowest BCUT2D eigenvalue weighted by Gasteiger charge is -2.24. The molecule has 0 bridgehead atoms. The first-order chi connectivity index (χ1) is 10.3. The Balaban J connectivity index is 1.59. The summed E-state index contributed by atoms with van der Waals surface area (Å²) in [6.45, 7) is 7.39. The van der Waals surface area contributed by atoms with Gasteiger partial charge in [0.1, 0.15) is 5.82 Å². The largest absolute Gasteiger partial charge is 0.345 e. The fraction of sp³-hybridized carbons (Fsp3) is 0.786. The van der Waals surface area contributed by atoms with Gasteiger partial charge in [-0.3, -0.25) is 4.79 Å². The van der Waals surface area contributed by atoms with Crippen molar-refractivity contribution in [2.45, 2.75) is 26.2 Å². The third-order valence-electron chi connectivity index (χ3n) is 4.26. The number of aromatic nitrogens is 2. The van der Waals surface area contributed by atoms with Crippen molar-refractivity contribution in [2.75, 3.05) is 44.2 Å². The van der Waals surface area contributed by atoms with E-state index >= 15 is 0 Å². The predicted octanol–water partition coefficient (Wildman–Crippen LogP) is 0.749. The first-order valence-electron chi connectivity index (χ1n) is 7.85. The molecule has 1 atom stereocenters. The standard InChI is InChI=1S/C14H23N5OS/c1-2-12-16-14(21-17-12)19-7-3-6-18(8-9-19)13(20)11-4-5-15-10-11/h11,15H,2-10H2,1H3. The number of nitrogens with one attached hydrogen (secondary N) is 1. The molecule has 7 heteroatoms. The fourth-order valence-electron chi connectivity index (χ4n) is 2.97. The van der Waals surface area contributed by atoms with Gasteiger partial charge in [-0.15, -0.1) is 0 Å². The quantitative estimate of drug-likeness (QED) is 0.893. The highest BCUT2D eigenvalue weighted by molar-refractivity contribution is 7.09. The zero-order valence-corrected chi connectivity index (χ0v) is 13.4. The van der Waals surface area contributed by atoms with Crippen LogP contribution in [0.5, 0.6) is 0 Å². The smallest absolute Gasteiger partial charge is 0.227 e. The third kappa shape index (κ3) is 3.35. The second kappa shape index (κ2) is 6.70. The van der Waals surface area contributed by atoms with E-state index in [1.165, 1.54) is 11.5 Å². The molecule has 6 nitrogen and oxygen atoms in total. The normalized spacial score (nSPS) is 23.4. The van der Waals surface area contributed by atoms with Gasteiger partial charge in [-0.05, 0) is 19.4 Å². The van der Waals surface area contributed by atoms with Crippen LogP contribution in [0.15, 0.2) is 0 Å². The minimum atomic E-state index is 0.185. The van der Waals surface area contributed by atoms with Crippen LogP contribution in [0.2, 0.25) is 0 Å². The van der Waals surface area contributed by atoms with Crippen LogP contribution in [0, 0.1) is 5.92 Å². The molecule has 0 aliphatic carbocycles. The molecule has 1 amide bonds. The van der Waals surface area contributed by atoms with Gasteiger partial charge in [-0.2, -0.15) is 4.37 Å². The highest BCUT2D eigenvalue weighted by Crippen LogP contribution is 2.20. The number of hydrogen-bond acceptors (Lipinski definition) is 6. The van der Waals surface area contributed by atoms with Gasteiger partial charge >= 0.3 is 0 Å². The van der Waals surface area contributed by atoms with Crippen molar-refractivity contribution >= 4 is 22.6 Å². The van der Waals surface area contributed by atoms with Crippen LogP contribution in [0.1, 0.15) is 25.6 Å². The van der Waals surface area contributed by atoms with E-state index in [9.17, 15) is 4.79 Å². The lowest BCUT2D eigenvalue weighted by atomic mass is 10.1. The van der Waals surface area contributed by atoms with Crippen molar-refractivity contribution in [1.29, 1.82) is 0 Å². The zero-order valence-electron chi connectivity index (χ0n) is 12.5. The molecule has 21 heavy (non-hydrogen) atoms. The second-order valence-electron chi connectivity index (χ2n) is 5.70. The Kier molecular flexibility index (Phi) is 4.70. The Labute approximate surface area is 129 Å². The van der Waals surface area contributed by atoms with Gasteiger partial charge in [0.25, 0.3) is 0 Å². The molecule has 3 rings (SSSR count). The molecule has 1 aromatic heterocycles. The van der Waals surface area contributed by atoms with Crippen molar-refractivity contribution in [2.24, 2.45) is 5.92 Å². The molecule has 2 saturated heterocycles. The number of rotatable bonds is 3. The number of amides is 1. The molecule has 1 unspecified atom stereocenters. The van der Waals surface area contributed by atoms with E-state index in [2.05, 4.69) is 26.5 Å². The number of aryl methyl sites for hydroxylation is 1. The van der Waals surface area contributed by atoms with E-state index in [-0.39, 0.29) is 5.92 Å². The lowest BCUT2D eigenvalue weighted by Crippen LogP contribution is -2.39. The van der Waals surface area contributed by atoms with Gasteiger partial charge in [0, 0.05) is 50.7 Å². The lowest BCUT2D eigenvalue weighted by molar-refractivity contribution is -0.134. The topological polar surface area (TPSA) is 61.4 Å². The minimum Gasteiger partial charge on any atom is -0.345 e. The minimum absolute atomic E-state index is 0.185. The summed E-state index contributed by atoms with van der Waals surface area (Å²) in [7, 11) is 0. The molecular formula is C14H23N5OS. The van der Waals surface area contributed by atoms with Crippen LogP contribution in [0.25, 0.3) is 0 Å². The Morgan fingerprint density at radius 2 is 2.29 bits per heavy atom. The summed E-state index contributed by atoms with van der Waals surface area (Å²) in [5.41, 5.74) is 0. The van der Waals surface area contributed by atoms with Gasteiger partial charge in [0.05, 0.1) is 5.92 Å². The van der Waals surface area contributed by atoms with Gasteiger partial charge in [0.2, 0.25) is 11.0 Å². The molecule has 0 aromatic carbocycles. The van der Waals surface area contributed by atoms with Crippen LogP contribution < -0.4 is 10.2 Å². The van der Waals surface area contributed by atoms with Gasteiger partial charge < -0.3 is 15.1 Å². The Morgan fingerprint density at radius 3 is 3.00 bits per heavy atom. The predicted molar refractivity (Wildman–Crippen MR) is 83.7 cm³/mol. The molecule has 1 aromatic rings. The first kappa shape index (κ1) is 14.7. The summed E-state index contributed by atoms with van der Waals surface area (Å²) in [6.07, 6.45) is 2.87. The van der Waals surface area contributed by atoms with Crippen LogP contribution >= 0.6 is 11.5 Å². The van der Waals surface area contributed by atoms with Crippen LogP contribution in [-0.4, -0.2) is 59.4 Å². The molecule has 3 heterocycles. The van der Waals surface area contributed by atoms with Gasteiger partial charge in [-0.1, -0.05) is 6.92 Å². The number of anilines is 1. The summed E-state index contributed by atoms with van der Waals surface area (Å²) in [5, 5.41) is 4.28. The molecule has 0 spiro atoms. The maximum Gasteiger partial charge on any atom is 0.227 e. The van der Waals surface area contributed by atoms with Crippen LogP contribution in [0.4, 0.5) is 5.13 Å². The Bertz CT molecular complexity index is 485.